The third-order valence-electron chi connectivity index (χ3n) is 14.7. The third kappa shape index (κ3) is 62.6. The molecule has 760 valence electrons. The summed E-state index contributed by atoms with van der Waals surface area (Å²) in [6.45, 7) is 0. The van der Waals surface area contributed by atoms with E-state index < -0.39 is 319 Å². The van der Waals surface area contributed by atoms with Crippen LogP contribution in [0.2, 0.25) is 0 Å². The fraction of sp³-hybridized carbons (Fsp3) is 1.00. The zero-order chi connectivity index (χ0) is 102. The molecule has 0 aromatic rings. The molecule has 7 fully saturated rings. The van der Waals surface area contributed by atoms with E-state index in [1.165, 1.54) is 0 Å². The molecule has 0 aromatic carbocycles. The van der Waals surface area contributed by atoms with Crippen molar-refractivity contribution in [3.63, 3.8) is 0 Å². The molecular weight excluding hydrogens is 1940 g/mol. The predicted octanol–water partition coefficient (Wildman–Crippen LogP) is -34.3. The zero-order valence-electron chi connectivity index (χ0n) is 60.6. The van der Waals surface area contributed by atoms with Crippen LogP contribution in [0.15, 0.2) is 0 Å². The highest BCUT2D eigenvalue weighted by Gasteiger charge is 2.53. The van der Waals surface area contributed by atoms with Crippen LogP contribution >= 0.6 is 62.6 Å². The van der Waals surface area contributed by atoms with E-state index >= 15 is 0 Å². The van der Waals surface area contributed by atoms with Gasteiger partial charge in [-0.05, 0) is 0 Å². The Morgan fingerprint density at radius 2 is 0.0806 bits per heavy atom. The summed E-state index contributed by atoms with van der Waals surface area (Å²) in [4.78, 5) is 172. The summed E-state index contributed by atoms with van der Waals surface area (Å²) in [6, 6.07) is 0. The summed E-state index contributed by atoms with van der Waals surface area (Å²) in [7, 11) is -37.1. The van der Waals surface area contributed by atoms with Crippen molar-refractivity contribution in [1.82, 2.24) is 0 Å². The lowest BCUT2D eigenvalue weighted by Gasteiger charge is -2.39. The Hall–Kier alpha value is -0.800. The Labute approximate surface area is 686 Å². The molecule has 7 rings (SSSR count). The van der Waals surface area contributed by atoms with E-state index in [1.54, 1.807) is 0 Å². The maximum absolute atomic E-state index is 8.97. The second kappa shape index (κ2) is 59.8. The maximum atomic E-state index is 8.97. The van der Waals surface area contributed by atoms with E-state index in [0.717, 1.165) is 0 Å². The summed E-state index contributed by atoms with van der Waals surface area (Å²) in [5, 5.41) is 377. The highest BCUT2D eigenvalue weighted by Crippen LogP contribution is 2.32. The molecule has 0 radical (unpaired) electrons. The largest absolute Gasteiger partial charge is 0.466 e. The number of aliphatic hydroxyl groups is 42. The van der Waals surface area contributed by atoms with Gasteiger partial charge in [0.1, 0.15) is 256 Å². The first-order valence-electron chi connectivity index (χ1n) is 31.1. The fourth-order valence-electron chi connectivity index (χ4n) is 8.48. The molecule has 74 nitrogen and oxygen atoms in total. The van der Waals surface area contributed by atoms with E-state index in [1.807, 2.05) is 0 Å². The lowest BCUT2D eigenvalue weighted by Crippen LogP contribution is -2.63. The summed E-state index contributed by atoms with van der Waals surface area (Å²) in [6.07, 6.45) is -68.9. The molecule has 0 atom stereocenters. The third-order valence-corrected chi connectivity index (χ3v) is 14.7. The van der Waals surface area contributed by atoms with Gasteiger partial charge in [0.2, 0.25) is 0 Å². The predicted molar refractivity (Wildman–Crippen MR) is 366 cm³/mol. The van der Waals surface area contributed by atoms with Crippen molar-refractivity contribution in [3.05, 3.63) is 0 Å². The van der Waals surface area contributed by atoms with E-state index in [-0.39, 0.29) is 0 Å². The van der Waals surface area contributed by atoms with E-state index in [0.29, 0.717) is 0 Å². The monoisotopic (exact) mass is 2040 g/mol. The minimum absolute atomic E-state index is 1.64. The Bertz CT molecular complexity index is 2150. The minimum Gasteiger partial charge on any atom is -0.387 e. The molecule has 0 heterocycles. The van der Waals surface area contributed by atoms with Crippen LogP contribution in [0.4, 0.5) is 0 Å². The van der Waals surface area contributed by atoms with Crippen molar-refractivity contribution in [2.75, 3.05) is 0 Å². The van der Waals surface area contributed by atoms with Gasteiger partial charge in [-0.2, -0.15) is 0 Å². The molecular formula is C42H108O74P8. The van der Waals surface area contributed by atoms with Gasteiger partial charge in [0.15, 0.2) is 0 Å². The SMILES string of the molecule is O=P(O)(O)O.O=P(O)(O)O.O=P(O)(O)O.O=P(O)(O)O.O=P(O)(O)O.O=P(O)(O)O.O=P(O)(O)O.O=P(O)(O)O.OC1C(O)C(O)C(O)C(O)C1O.OC1C(O)C(O)C(O)C(O)C1O.OC1C(O)C(O)C(O)C(O)C1O.OC1C(O)C(O)C(O)C(O)C1O.OC1C(O)C(O)C(O)C(O)C1O.OC1C(O)C(O)C(O)C(O)C1O.OC1C(O)C(O)C(O)C(O)C1O. The number of aliphatic hydroxyl groups excluding tert-OH is 42. The topological polar surface area (TPSA) is 1470 Å². The van der Waals surface area contributed by atoms with Gasteiger partial charge in [-0.1, -0.05) is 0 Å². The average Bonchev–Trinajstić information content (AvgIpc) is 0.853. The van der Waals surface area contributed by atoms with Crippen LogP contribution in [0, 0.1) is 0 Å². The molecule has 7 saturated carbocycles. The van der Waals surface area contributed by atoms with Crippen molar-refractivity contribution < 1.29 is 368 Å². The highest BCUT2D eigenvalue weighted by molar-refractivity contribution is 7.46. The summed E-state index contributed by atoms with van der Waals surface area (Å²) >= 11 is 0. The van der Waals surface area contributed by atoms with Crippen molar-refractivity contribution in [3.8, 4) is 0 Å². The van der Waals surface area contributed by atoms with Gasteiger partial charge in [0.05, 0.1) is 0 Å². The van der Waals surface area contributed by atoms with Crippen LogP contribution in [0.25, 0.3) is 0 Å². The number of hydrogen-bond acceptors (Lipinski definition) is 50. The maximum Gasteiger partial charge on any atom is 0.466 e. The van der Waals surface area contributed by atoms with Gasteiger partial charge in [0, 0.05) is 0 Å². The molecule has 124 heavy (non-hydrogen) atoms. The van der Waals surface area contributed by atoms with Crippen LogP contribution in [0.1, 0.15) is 0 Å². The van der Waals surface area contributed by atoms with Gasteiger partial charge in [0.25, 0.3) is 0 Å². The van der Waals surface area contributed by atoms with Crippen LogP contribution < -0.4 is 0 Å². The number of hydrogen-bond donors (Lipinski definition) is 66. The number of phosphoric acid groups is 8. The Balaban J connectivity index is -0.000000197. The lowest BCUT2D eigenvalue weighted by atomic mass is 9.85. The van der Waals surface area contributed by atoms with Crippen molar-refractivity contribution in [1.29, 1.82) is 0 Å². The van der Waals surface area contributed by atoms with Crippen molar-refractivity contribution >= 4 is 62.6 Å². The second-order valence-electron chi connectivity index (χ2n) is 24.7. The van der Waals surface area contributed by atoms with Crippen molar-refractivity contribution in [2.24, 2.45) is 0 Å². The standard InChI is InChI=1S/7C6H12O6.8H3O4P/c7*7-1-2(8)4(10)6(12)5(11)3(1)9;8*1-5(2,3)4/h7*1-12H;8*(H3,1,2,3,4). The van der Waals surface area contributed by atoms with Gasteiger partial charge < -0.3 is 332 Å². The van der Waals surface area contributed by atoms with Crippen molar-refractivity contribution in [2.45, 2.75) is 256 Å². The van der Waals surface area contributed by atoms with Gasteiger partial charge in [-0.3, -0.25) is 0 Å². The molecule has 0 unspecified atom stereocenters. The van der Waals surface area contributed by atoms with E-state index in [4.69, 9.17) is 368 Å². The Morgan fingerprint density at radius 1 is 0.0726 bits per heavy atom. The van der Waals surface area contributed by atoms with Crippen LogP contribution in [0.3, 0.4) is 0 Å². The fourth-order valence-corrected chi connectivity index (χ4v) is 8.48. The summed E-state index contributed by atoms with van der Waals surface area (Å²) in [5.41, 5.74) is 0. The molecule has 82 heteroatoms. The first-order chi connectivity index (χ1) is 54.2. The molecule has 0 bridgehead atoms. The Morgan fingerprint density at radius 3 is 0.0887 bits per heavy atom. The van der Waals surface area contributed by atoms with Gasteiger partial charge in [-0.25, -0.2) is 36.5 Å². The molecule has 0 spiro atoms. The average molecular weight is 2050 g/mol. The second-order valence-corrected chi connectivity index (χ2v) is 32.9. The summed E-state index contributed by atoms with van der Waals surface area (Å²) in [5.74, 6) is 0. The van der Waals surface area contributed by atoms with Gasteiger partial charge in [-0.15, -0.1) is 0 Å². The quantitative estimate of drug-likeness (QED) is 0.100. The smallest absolute Gasteiger partial charge is 0.387 e. The number of rotatable bonds is 0. The molecule has 7 aliphatic rings. The van der Waals surface area contributed by atoms with Crippen LogP contribution in [-0.4, -0.2) is 588 Å². The molecule has 0 aromatic heterocycles. The van der Waals surface area contributed by atoms with Crippen LogP contribution in [0.5, 0.6) is 0 Å². The molecule has 0 saturated heterocycles. The first-order valence-corrected chi connectivity index (χ1v) is 43.6. The van der Waals surface area contributed by atoms with E-state index in [9.17, 15) is 0 Å². The van der Waals surface area contributed by atoms with Gasteiger partial charge >= 0.3 is 62.6 Å². The molecule has 7 aliphatic carbocycles. The normalized spacial score (nSPS) is 41.4. The lowest BCUT2D eigenvalue weighted by molar-refractivity contribution is -0.223. The molecule has 66 N–H and O–H groups in total. The van der Waals surface area contributed by atoms with E-state index in [2.05, 4.69) is 0 Å². The van der Waals surface area contributed by atoms with Crippen LogP contribution in [-0.2, 0) is 36.5 Å². The Kier molecular flexibility index (Phi) is 66.9. The zero-order valence-corrected chi connectivity index (χ0v) is 67.8. The molecule has 0 amide bonds. The minimum atomic E-state index is -4.64. The first kappa shape index (κ1) is 139. The summed E-state index contributed by atoms with van der Waals surface area (Å²) < 4.78 is 71.1. The molecule has 0 aliphatic heterocycles. The highest BCUT2D eigenvalue weighted by atomic mass is 31.2.